The van der Waals surface area contributed by atoms with E-state index in [0.717, 1.165) is 0 Å². The Morgan fingerprint density at radius 1 is 0.848 bits per heavy atom. The van der Waals surface area contributed by atoms with E-state index in [0.29, 0.717) is 39.1 Å². The summed E-state index contributed by atoms with van der Waals surface area (Å²) in [4.78, 5) is 50.4. The number of methoxy groups -OCH3 is 1. The lowest BCUT2D eigenvalue weighted by molar-refractivity contribution is 0.0469. The number of nitrogens with zero attached hydrogens (tertiary/aromatic N) is 1. The number of rotatable bonds is 7. The predicted molar refractivity (Wildman–Crippen MR) is 119 cm³/mol. The number of Topliss-reactive ketones (excluding diaryl/α,β-unsaturated/α-hetero) is 1. The van der Waals surface area contributed by atoms with Gasteiger partial charge in [0.25, 0.3) is 11.8 Å². The summed E-state index contributed by atoms with van der Waals surface area (Å²) in [6, 6.07) is 18.2. The van der Waals surface area contributed by atoms with Gasteiger partial charge in [0.15, 0.2) is 5.78 Å². The number of amides is 2. The fraction of sp³-hybridized carbons (Fsp3) is 0.154. The summed E-state index contributed by atoms with van der Waals surface area (Å²) in [5, 5.41) is 0. The van der Waals surface area contributed by atoms with Crippen LogP contribution in [0.2, 0.25) is 0 Å². The molecule has 33 heavy (non-hydrogen) atoms. The van der Waals surface area contributed by atoms with Crippen LogP contribution in [0.5, 0.6) is 5.75 Å². The number of carbonyl (C=O) groups is 4. The first kappa shape index (κ1) is 22.0. The molecule has 7 nitrogen and oxygen atoms in total. The molecule has 0 saturated heterocycles. The average Bonchev–Trinajstić information content (AvgIpc) is 3.07. The zero-order valence-electron chi connectivity index (χ0n) is 18.2. The van der Waals surface area contributed by atoms with E-state index < -0.39 is 5.97 Å². The highest BCUT2D eigenvalue weighted by molar-refractivity contribution is 6.21. The molecule has 2 amide bonds. The monoisotopic (exact) mass is 443 g/mol. The Hall–Kier alpha value is -4.26. The van der Waals surface area contributed by atoms with Crippen molar-refractivity contribution in [1.82, 2.24) is 4.90 Å². The van der Waals surface area contributed by atoms with Crippen molar-refractivity contribution in [2.75, 3.05) is 7.11 Å². The molecule has 0 unspecified atom stereocenters. The molecule has 1 aliphatic rings. The number of hydrogen-bond donors (Lipinski definition) is 0. The number of ketones is 1. The summed E-state index contributed by atoms with van der Waals surface area (Å²) in [6.07, 6.45) is 0. The van der Waals surface area contributed by atoms with Crippen LogP contribution in [0.25, 0.3) is 0 Å². The maximum Gasteiger partial charge on any atom is 0.338 e. The molecule has 0 aliphatic carbocycles. The Bertz CT molecular complexity index is 1230. The fourth-order valence-corrected chi connectivity index (χ4v) is 3.65. The summed E-state index contributed by atoms with van der Waals surface area (Å²) in [5.74, 6) is -0.790. The molecule has 0 atom stereocenters. The van der Waals surface area contributed by atoms with Crippen LogP contribution in [0, 0.1) is 0 Å². The van der Waals surface area contributed by atoms with Gasteiger partial charge in [0, 0.05) is 11.1 Å². The van der Waals surface area contributed by atoms with Crippen molar-refractivity contribution >= 4 is 23.6 Å². The first-order chi connectivity index (χ1) is 15.9. The number of fused-ring (bicyclic) bond motifs is 1. The van der Waals surface area contributed by atoms with Crippen molar-refractivity contribution in [3.63, 3.8) is 0 Å². The first-order valence-corrected chi connectivity index (χ1v) is 10.3. The molecule has 0 saturated carbocycles. The maximum atomic E-state index is 12.5. The molecule has 0 fully saturated rings. The Kier molecular flexibility index (Phi) is 6.04. The third kappa shape index (κ3) is 4.39. The molecular formula is C26H21NO6. The first-order valence-electron chi connectivity index (χ1n) is 10.3. The minimum absolute atomic E-state index is 0.0556. The largest absolute Gasteiger partial charge is 0.496 e. The summed E-state index contributed by atoms with van der Waals surface area (Å²) in [7, 11) is 1.50. The molecule has 0 spiro atoms. The number of esters is 1. The van der Waals surface area contributed by atoms with E-state index in [9.17, 15) is 19.2 Å². The van der Waals surface area contributed by atoms with E-state index in [4.69, 9.17) is 9.47 Å². The minimum Gasteiger partial charge on any atom is -0.496 e. The zero-order chi connectivity index (χ0) is 23.5. The molecule has 0 aromatic heterocycles. The molecule has 1 heterocycles. The molecule has 4 rings (SSSR count). The Morgan fingerprint density at radius 2 is 1.45 bits per heavy atom. The van der Waals surface area contributed by atoms with E-state index in [2.05, 4.69) is 0 Å². The molecular weight excluding hydrogens is 422 g/mol. The van der Waals surface area contributed by atoms with Crippen LogP contribution in [0.4, 0.5) is 0 Å². The topological polar surface area (TPSA) is 90.0 Å². The lowest BCUT2D eigenvalue weighted by Gasteiger charge is -2.14. The van der Waals surface area contributed by atoms with Gasteiger partial charge in [-0.3, -0.25) is 19.3 Å². The van der Waals surface area contributed by atoms with E-state index in [1.165, 1.54) is 18.9 Å². The second kappa shape index (κ2) is 9.08. The van der Waals surface area contributed by atoms with Gasteiger partial charge < -0.3 is 9.47 Å². The van der Waals surface area contributed by atoms with Gasteiger partial charge in [-0.05, 0) is 55.0 Å². The lowest BCUT2D eigenvalue weighted by Crippen LogP contribution is -2.29. The maximum absolute atomic E-state index is 12.5. The third-order valence-electron chi connectivity index (χ3n) is 5.45. The van der Waals surface area contributed by atoms with Gasteiger partial charge in [0.05, 0.1) is 30.3 Å². The van der Waals surface area contributed by atoms with Crippen LogP contribution in [-0.2, 0) is 17.9 Å². The lowest BCUT2D eigenvalue weighted by atomic mass is 10.1. The molecule has 1 aliphatic heterocycles. The Labute approximate surface area is 190 Å². The molecule has 3 aromatic rings. The van der Waals surface area contributed by atoms with Crippen molar-refractivity contribution in [2.45, 2.75) is 20.1 Å². The SMILES string of the molecule is COc1ccc(C(C)=O)cc1COC(=O)c1ccc(CN2C(=O)c3ccccc3C2=O)cc1. The highest BCUT2D eigenvalue weighted by atomic mass is 16.5. The fourth-order valence-electron chi connectivity index (χ4n) is 3.65. The van der Waals surface area contributed by atoms with Crippen LogP contribution in [0.3, 0.4) is 0 Å². The Morgan fingerprint density at radius 3 is 2.03 bits per heavy atom. The quantitative estimate of drug-likeness (QED) is 0.311. The highest BCUT2D eigenvalue weighted by Crippen LogP contribution is 2.25. The zero-order valence-corrected chi connectivity index (χ0v) is 18.2. The van der Waals surface area contributed by atoms with Crippen molar-refractivity contribution in [3.8, 4) is 5.75 Å². The van der Waals surface area contributed by atoms with Gasteiger partial charge in [-0.25, -0.2) is 4.79 Å². The van der Waals surface area contributed by atoms with Gasteiger partial charge in [0.2, 0.25) is 0 Å². The van der Waals surface area contributed by atoms with E-state index >= 15 is 0 Å². The van der Waals surface area contributed by atoms with Crippen LogP contribution in [0.1, 0.15) is 59.5 Å². The van der Waals surface area contributed by atoms with Crippen molar-refractivity contribution < 1.29 is 28.7 Å². The van der Waals surface area contributed by atoms with E-state index in [1.54, 1.807) is 66.7 Å². The van der Waals surface area contributed by atoms with Crippen LogP contribution < -0.4 is 4.74 Å². The average molecular weight is 443 g/mol. The highest BCUT2D eigenvalue weighted by Gasteiger charge is 2.34. The molecule has 3 aromatic carbocycles. The van der Waals surface area contributed by atoms with Crippen LogP contribution >= 0.6 is 0 Å². The smallest absolute Gasteiger partial charge is 0.338 e. The molecule has 0 N–H and O–H groups in total. The van der Waals surface area contributed by atoms with Gasteiger partial charge in [-0.15, -0.1) is 0 Å². The predicted octanol–water partition coefficient (Wildman–Crippen LogP) is 4.05. The van der Waals surface area contributed by atoms with Gasteiger partial charge >= 0.3 is 5.97 Å². The summed E-state index contributed by atoms with van der Waals surface area (Å²) in [6.45, 7) is 1.51. The van der Waals surface area contributed by atoms with Crippen LogP contribution in [0.15, 0.2) is 66.7 Å². The number of carbonyl (C=O) groups excluding carboxylic acids is 4. The van der Waals surface area contributed by atoms with E-state index in [-0.39, 0.29) is 30.7 Å². The molecule has 0 bridgehead atoms. The molecule has 7 heteroatoms. The summed E-state index contributed by atoms with van der Waals surface area (Å²) >= 11 is 0. The second-order valence-corrected chi connectivity index (χ2v) is 7.60. The number of ether oxygens (including phenoxy) is 2. The Balaban J connectivity index is 1.41. The van der Waals surface area contributed by atoms with Gasteiger partial charge in [0.1, 0.15) is 12.4 Å². The molecule has 166 valence electrons. The standard InChI is InChI=1S/C26H21NO6/c1-16(28)19-11-12-23(32-2)20(13-19)15-33-26(31)18-9-7-17(8-10-18)14-27-24(29)21-5-3-4-6-22(21)25(27)30/h3-13H,14-15H2,1-2H3. The number of hydrogen-bond acceptors (Lipinski definition) is 6. The normalized spacial score (nSPS) is 12.5. The van der Waals surface area contributed by atoms with Gasteiger partial charge in [-0.2, -0.15) is 0 Å². The summed E-state index contributed by atoms with van der Waals surface area (Å²) in [5.41, 5.74) is 2.90. The van der Waals surface area contributed by atoms with E-state index in [1.807, 2.05) is 0 Å². The van der Waals surface area contributed by atoms with Crippen molar-refractivity contribution in [2.24, 2.45) is 0 Å². The summed E-state index contributed by atoms with van der Waals surface area (Å²) < 4.78 is 10.7. The number of benzene rings is 3. The second-order valence-electron chi connectivity index (χ2n) is 7.60. The van der Waals surface area contributed by atoms with Crippen molar-refractivity contribution in [1.29, 1.82) is 0 Å². The number of imide groups is 1. The van der Waals surface area contributed by atoms with Gasteiger partial charge in [-0.1, -0.05) is 24.3 Å². The molecule has 0 radical (unpaired) electrons. The third-order valence-corrected chi connectivity index (χ3v) is 5.45. The van der Waals surface area contributed by atoms with Crippen LogP contribution in [-0.4, -0.2) is 35.6 Å². The van der Waals surface area contributed by atoms with Crippen molar-refractivity contribution in [3.05, 3.63) is 100 Å². The minimum atomic E-state index is -0.544.